The van der Waals surface area contributed by atoms with Gasteiger partial charge in [0, 0.05) is 18.8 Å². The lowest BCUT2D eigenvalue weighted by atomic mass is 10.0. The molecule has 1 aliphatic heterocycles. The zero-order valence-corrected chi connectivity index (χ0v) is 20.8. The van der Waals surface area contributed by atoms with E-state index in [1.807, 2.05) is 42.5 Å². The molecule has 178 valence electrons. The normalized spacial score (nSPS) is 15.1. The van der Waals surface area contributed by atoms with Gasteiger partial charge in [-0.2, -0.15) is 0 Å². The van der Waals surface area contributed by atoms with Crippen LogP contribution in [0.2, 0.25) is 0 Å². The SMILES string of the molecule is CCN(CC)c1ccc(C=C2C(=O)N(c3ccccc3)C(=S)N(c3ccc(OC)cc3)C2=O)cc1. The molecule has 1 heterocycles. The Morgan fingerprint density at radius 3 is 1.86 bits per heavy atom. The third-order valence-electron chi connectivity index (χ3n) is 5.93. The molecule has 6 nitrogen and oxygen atoms in total. The summed E-state index contributed by atoms with van der Waals surface area (Å²) in [6.07, 6.45) is 1.63. The number of carbonyl (C=O) groups is 2. The molecular formula is C28H27N3O3S. The lowest BCUT2D eigenvalue weighted by molar-refractivity contribution is -0.120. The molecule has 4 rings (SSSR count). The van der Waals surface area contributed by atoms with E-state index in [-0.39, 0.29) is 10.7 Å². The Labute approximate surface area is 211 Å². The van der Waals surface area contributed by atoms with Gasteiger partial charge in [-0.25, -0.2) is 0 Å². The van der Waals surface area contributed by atoms with Crippen molar-refractivity contribution in [3.8, 4) is 5.75 Å². The van der Waals surface area contributed by atoms with Crippen molar-refractivity contribution in [2.75, 3.05) is 34.9 Å². The highest BCUT2D eigenvalue weighted by Gasteiger charge is 2.41. The van der Waals surface area contributed by atoms with Crippen LogP contribution < -0.4 is 19.4 Å². The third kappa shape index (κ3) is 4.81. The number of carbonyl (C=O) groups excluding carboxylic acids is 2. The number of thiocarbonyl (C=S) groups is 1. The van der Waals surface area contributed by atoms with Crippen LogP contribution in [0, 0.1) is 0 Å². The van der Waals surface area contributed by atoms with Gasteiger partial charge in [0.15, 0.2) is 5.11 Å². The van der Waals surface area contributed by atoms with Gasteiger partial charge in [-0.05, 0) is 86.2 Å². The number of amides is 2. The van der Waals surface area contributed by atoms with Crippen molar-refractivity contribution < 1.29 is 14.3 Å². The summed E-state index contributed by atoms with van der Waals surface area (Å²) >= 11 is 5.66. The summed E-state index contributed by atoms with van der Waals surface area (Å²) in [6.45, 7) is 6.00. The maximum absolute atomic E-state index is 13.6. The predicted molar refractivity (Wildman–Crippen MR) is 145 cm³/mol. The molecule has 7 heteroatoms. The number of ether oxygens (including phenoxy) is 1. The van der Waals surface area contributed by atoms with E-state index in [4.69, 9.17) is 17.0 Å². The molecule has 2 amide bonds. The number of hydrogen-bond acceptors (Lipinski definition) is 5. The Hall–Kier alpha value is -3.97. The maximum atomic E-state index is 13.6. The monoisotopic (exact) mass is 485 g/mol. The standard InChI is InChI=1S/C28H27N3O3S/c1-4-29(5-2)21-13-11-20(12-14-21)19-25-26(32)30(22-9-7-6-8-10-22)28(35)31(27(25)33)23-15-17-24(34-3)18-16-23/h6-19H,4-5H2,1-3H3. The van der Waals surface area contributed by atoms with Crippen molar-refractivity contribution in [1.82, 2.24) is 0 Å². The van der Waals surface area contributed by atoms with E-state index in [9.17, 15) is 9.59 Å². The summed E-state index contributed by atoms with van der Waals surface area (Å²) in [6, 6.07) is 23.9. The van der Waals surface area contributed by atoms with Crippen molar-refractivity contribution in [3.63, 3.8) is 0 Å². The van der Waals surface area contributed by atoms with Crippen LogP contribution in [-0.2, 0) is 9.59 Å². The van der Waals surface area contributed by atoms with Crippen molar-refractivity contribution >= 4 is 52.3 Å². The van der Waals surface area contributed by atoms with Crippen LogP contribution in [0.15, 0.2) is 84.4 Å². The van der Waals surface area contributed by atoms with Gasteiger partial charge in [-0.1, -0.05) is 30.3 Å². The Kier molecular flexibility index (Phi) is 7.27. The van der Waals surface area contributed by atoms with E-state index < -0.39 is 11.8 Å². The van der Waals surface area contributed by atoms with Gasteiger partial charge in [0.05, 0.1) is 18.5 Å². The topological polar surface area (TPSA) is 53.1 Å². The highest BCUT2D eigenvalue weighted by molar-refractivity contribution is 7.81. The molecule has 0 aliphatic carbocycles. The summed E-state index contributed by atoms with van der Waals surface area (Å²) < 4.78 is 5.24. The van der Waals surface area contributed by atoms with Crippen molar-refractivity contribution in [3.05, 3.63) is 90.0 Å². The van der Waals surface area contributed by atoms with Crippen LogP contribution in [0.1, 0.15) is 19.4 Å². The number of methoxy groups -OCH3 is 1. The fourth-order valence-electron chi connectivity index (χ4n) is 4.03. The molecule has 1 fully saturated rings. The van der Waals surface area contributed by atoms with E-state index in [1.54, 1.807) is 49.6 Å². The van der Waals surface area contributed by atoms with Gasteiger partial charge in [-0.15, -0.1) is 0 Å². The number of benzene rings is 3. The predicted octanol–water partition coefficient (Wildman–Crippen LogP) is 5.29. The third-order valence-corrected chi connectivity index (χ3v) is 6.29. The van der Waals surface area contributed by atoms with Gasteiger partial charge in [0.1, 0.15) is 11.3 Å². The number of rotatable bonds is 7. The summed E-state index contributed by atoms with van der Waals surface area (Å²) in [5, 5.41) is 0.102. The first-order valence-corrected chi connectivity index (χ1v) is 11.9. The molecule has 0 aromatic heterocycles. The van der Waals surface area contributed by atoms with Gasteiger partial charge < -0.3 is 9.64 Å². The largest absolute Gasteiger partial charge is 0.497 e. The molecule has 1 aliphatic rings. The fraction of sp³-hybridized carbons (Fsp3) is 0.179. The molecule has 3 aromatic rings. The quantitative estimate of drug-likeness (QED) is 0.259. The van der Waals surface area contributed by atoms with Crippen molar-refractivity contribution in [2.24, 2.45) is 0 Å². The molecule has 0 bridgehead atoms. The van der Waals surface area contributed by atoms with Crippen molar-refractivity contribution in [1.29, 1.82) is 0 Å². The van der Waals surface area contributed by atoms with Crippen LogP contribution in [0.4, 0.5) is 17.1 Å². The second-order valence-electron chi connectivity index (χ2n) is 7.92. The van der Waals surface area contributed by atoms with Crippen LogP contribution >= 0.6 is 12.2 Å². The number of nitrogens with zero attached hydrogens (tertiary/aromatic N) is 3. The zero-order chi connectivity index (χ0) is 24.9. The number of para-hydroxylation sites is 1. The Bertz CT molecular complexity index is 1250. The van der Waals surface area contributed by atoms with E-state index in [0.29, 0.717) is 17.1 Å². The number of anilines is 3. The van der Waals surface area contributed by atoms with E-state index >= 15 is 0 Å². The van der Waals surface area contributed by atoms with Gasteiger partial charge >= 0.3 is 0 Å². The van der Waals surface area contributed by atoms with Crippen LogP contribution in [-0.4, -0.2) is 37.1 Å². The molecule has 0 atom stereocenters. The van der Waals surface area contributed by atoms with Gasteiger partial charge in [0.25, 0.3) is 11.8 Å². The van der Waals surface area contributed by atoms with E-state index in [0.717, 1.165) is 24.3 Å². The smallest absolute Gasteiger partial charge is 0.270 e. The molecule has 0 N–H and O–H groups in total. The first kappa shape index (κ1) is 24.2. The highest BCUT2D eigenvalue weighted by atomic mass is 32.1. The summed E-state index contributed by atoms with van der Waals surface area (Å²) in [4.78, 5) is 32.2. The second-order valence-corrected chi connectivity index (χ2v) is 8.28. The Morgan fingerprint density at radius 1 is 0.800 bits per heavy atom. The average Bonchev–Trinajstić information content (AvgIpc) is 2.89. The Morgan fingerprint density at radius 2 is 1.34 bits per heavy atom. The van der Waals surface area contributed by atoms with Crippen molar-refractivity contribution in [2.45, 2.75) is 13.8 Å². The first-order valence-electron chi connectivity index (χ1n) is 11.5. The van der Waals surface area contributed by atoms with E-state index in [1.165, 1.54) is 9.80 Å². The highest BCUT2D eigenvalue weighted by Crippen LogP contribution is 2.31. The average molecular weight is 486 g/mol. The minimum Gasteiger partial charge on any atom is -0.497 e. The zero-order valence-electron chi connectivity index (χ0n) is 20.0. The molecular weight excluding hydrogens is 458 g/mol. The summed E-state index contributed by atoms with van der Waals surface area (Å²) in [5.74, 6) is -0.266. The Balaban J connectivity index is 1.78. The second kappa shape index (κ2) is 10.5. The van der Waals surface area contributed by atoms with Gasteiger partial charge in [0.2, 0.25) is 0 Å². The fourth-order valence-corrected chi connectivity index (χ4v) is 4.41. The lowest BCUT2D eigenvalue weighted by Crippen LogP contribution is -2.56. The minimum atomic E-state index is -0.467. The minimum absolute atomic E-state index is 0.0360. The molecule has 0 unspecified atom stereocenters. The number of hydrogen-bond donors (Lipinski definition) is 0. The van der Waals surface area contributed by atoms with E-state index in [2.05, 4.69) is 18.7 Å². The molecule has 1 saturated heterocycles. The first-order chi connectivity index (χ1) is 17.0. The maximum Gasteiger partial charge on any atom is 0.270 e. The molecule has 35 heavy (non-hydrogen) atoms. The van der Waals surface area contributed by atoms with Crippen LogP contribution in [0.3, 0.4) is 0 Å². The van der Waals surface area contributed by atoms with Crippen LogP contribution in [0.5, 0.6) is 5.75 Å². The summed E-state index contributed by atoms with van der Waals surface area (Å²) in [5.41, 5.74) is 3.03. The van der Waals surface area contributed by atoms with Gasteiger partial charge in [-0.3, -0.25) is 19.4 Å². The van der Waals surface area contributed by atoms with Crippen LogP contribution in [0.25, 0.3) is 6.08 Å². The molecule has 3 aromatic carbocycles. The molecule has 0 spiro atoms. The summed E-state index contributed by atoms with van der Waals surface area (Å²) in [7, 11) is 1.58. The molecule has 0 saturated carbocycles. The molecule has 0 radical (unpaired) electrons. The lowest BCUT2D eigenvalue weighted by Gasteiger charge is -2.36.